The molecule has 2 rings (SSSR count). The molecule has 0 aliphatic heterocycles. The number of benzene rings is 2. The van der Waals surface area contributed by atoms with Gasteiger partial charge in [0.2, 0.25) is 11.8 Å². The molecule has 29 heavy (non-hydrogen) atoms. The van der Waals surface area contributed by atoms with Crippen LogP contribution in [0.25, 0.3) is 0 Å². The Morgan fingerprint density at radius 3 is 2.55 bits per heavy atom. The maximum Gasteiger partial charge on any atom is 0.244 e. The first kappa shape index (κ1) is 23.2. The molecule has 0 aromatic heterocycles. The van der Waals surface area contributed by atoms with Crippen molar-refractivity contribution < 1.29 is 14.3 Å². The number of nitrogens with one attached hydrogen (secondary N) is 1. The number of hydrogen-bond acceptors (Lipinski definition) is 3. The van der Waals surface area contributed by atoms with Gasteiger partial charge in [-0.15, -0.1) is 0 Å². The Balaban J connectivity index is 2.01. The Hall–Kier alpha value is -2.08. The smallest absolute Gasteiger partial charge is 0.244 e. The van der Waals surface area contributed by atoms with Crippen LogP contribution in [0.5, 0.6) is 0 Å². The Bertz CT molecular complexity index is 871. The van der Waals surface area contributed by atoms with Crippen LogP contribution in [0.15, 0.2) is 36.4 Å². The molecule has 0 aliphatic rings. The standard InChI is InChI=1S/C22H26Cl2N2O3/c1-15-6-4-9-19(16(15)2)25-20(27)14-26(12-13-29-3)21(28)11-10-17-7-5-8-18(23)22(17)24/h4-9H,10-14H2,1-3H3,(H,25,27). The first-order valence-electron chi connectivity index (χ1n) is 9.39. The van der Waals surface area contributed by atoms with Gasteiger partial charge in [-0.25, -0.2) is 0 Å². The lowest BCUT2D eigenvalue weighted by Crippen LogP contribution is -2.40. The normalized spacial score (nSPS) is 10.7. The van der Waals surface area contributed by atoms with E-state index in [1.807, 2.05) is 38.1 Å². The average molecular weight is 437 g/mol. The van der Waals surface area contributed by atoms with Crippen molar-refractivity contribution in [2.24, 2.45) is 0 Å². The molecule has 0 atom stereocenters. The first-order valence-corrected chi connectivity index (χ1v) is 10.1. The number of rotatable bonds is 9. The van der Waals surface area contributed by atoms with Crippen molar-refractivity contribution in [3.05, 3.63) is 63.1 Å². The van der Waals surface area contributed by atoms with Gasteiger partial charge >= 0.3 is 0 Å². The van der Waals surface area contributed by atoms with Gasteiger partial charge in [0.15, 0.2) is 0 Å². The molecule has 0 radical (unpaired) electrons. The van der Waals surface area contributed by atoms with Crippen LogP contribution in [0.4, 0.5) is 5.69 Å². The zero-order chi connectivity index (χ0) is 21.4. The average Bonchev–Trinajstić information content (AvgIpc) is 2.69. The molecule has 156 valence electrons. The van der Waals surface area contributed by atoms with Crippen LogP contribution in [0.3, 0.4) is 0 Å². The van der Waals surface area contributed by atoms with Crippen LogP contribution in [0.2, 0.25) is 10.0 Å². The van der Waals surface area contributed by atoms with E-state index in [4.69, 9.17) is 27.9 Å². The highest BCUT2D eigenvalue weighted by molar-refractivity contribution is 6.42. The van der Waals surface area contributed by atoms with Crippen LogP contribution in [-0.2, 0) is 20.7 Å². The Morgan fingerprint density at radius 1 is 1.10 bits per heavy atom. The van der Waals surface area contributed by atoms with Crippen LogP contribution < -0.4 is 5.32 Å². The van der Waals surface area contributed by atoms with E-state index in [2.05, 4.69) is 5.32 Å². The molecule has 0 bridgehead atoms. The van der Waals surface area contributed by atoms with Gasteiger partial charge in [-0.2, -0.15) is 0 Å². The number of hydrogen-bond donors (Lipinski definition) is 1. The molecule has 2 amide bonds. The molecule has 7 heteroatoms. The Kier molecular flexibility index (Phi) is 8.96. The van der Waals surface area contributed by atoms with Crippen LogP contribution >= 0.6 is 23.2 Å². The summed E-state index contributed by atoms with van der Waals surface area (Å²) >= 11 is 12.2. The van der Waals surface area contributed by atoms with Crippen molar-refractivity contribution in [2.45, 2.75) is 26.7 Å². The summed E-state index contributed by atoms with van der Waals surface area (Å²) in [5.41, 5.74) is 3.65. The molecule has 5 nitrogen and oxygen atoms in total. The largest absolute Gasteiger partial charge is 0.383 e. The Morgan fingerprint density at radius 2 is 1.83 bits per heavy atom. The molecule has 0 saturated carbocycles. The lowest BCUT2D eigenvalue weighted by molar-refractivity contribution is -0.135. The van der Waals surface area contributed by atoms with E-state index in [-0.39, 0.29) is 24.8 Å². The zero-order valence-corrected chi connectivity index (χ0v) is 18.4. The molecule has 0 fully saturated rings. The number of carbonyl (C=O) groups is 2. The fraction of sp³-hybridized carbons (Fsp3) is 0.364. The SMILES string of the molecule is COCCN(CC(=O)Nc1cccc(C)c1C)C(=O)CCc1cccc(Cl)c1Cl. The van der Waals surface area contributed by atoms with Crippen LogP contribution in [-0.4, -0.2) is 43.5 Å². The third kappa shape index (κ3) is 6.74. The number of methoxy groups -OCH3 is 1. The molecule has 0 heterocycles. The van der Waals surface area contributed by atoms with Crippen molar-refractivity contribution in [1.82, 2.24) is 4.90 Å². The van der Waals surface area contributed by atoms with E-state index in [1.54, 1.807) is 19.2 Å². The minimum absolute atomic E-state index is 0.0428. The lowest BCUT2D eigenvalue weighted by atomic mass is 10.1. The third-order valence-corrected chi connectivity index (χ3v) is 5.63. The van der Waals surface area contributed by atoms with Gasteiger partial charge in [-0.05, 0) is 49.1 Å². The summed E-state index contributed by atoms with van der Waals surface area (Å²) in [6, 6.07) is 11.1. The Labute approximate surface area is 181 Å². The summed E-state index contributed by atoms with van der Waals surface area (Å²) in [6.45, 7) is 4.58. The maximum atomic E-state index is 12.7. The van der Waals surface area contributed by atoms with Gasteiger partial charge in [0.1, 0.15) is 0 Å². The molecule has 2 aromatic rings. The molecule has 0 unspecified atom stereocenters. The number of ether oxygens (including phenoxy) is 1. The van der Waals surface area contributed by atoms with Crippen molar-refractivity contribution in [3.8, 4) is 0 Å². The lowest BCUT2D eigenvalue weighted by Gasteiger charge is -2.22. The van der Waals surface area contributed by atoms with Gasteiger partial charge in [-0.3, -0.25) is 9.59 Å². The van der Waals surface area contributed by atoms with E-state index >= 15 is 0 Å². The van der Waals surface area contributed by atoms with Gasteiger partial charge in [-0.1, -0.05) is 47.5 Å². The quantitative estimate of drug-likeness (QED) is 0.621. The van der Waals surface area contributed by atoms with E-state index in [1.165, 1.54) is 4.90 Å². The molecule has 0 aliphatic carbocycles. The highest BCUT2D eigenvalue weighted by Crippen LogP contribution is 2.26. The molecule has 0 saturated heterocycles. The van der Waals surface area contributed by atoms with Crippen LogP contribution in [0.1, 0.15) is 23.1 Å². The number of nitrogens with zero attached hydrogens (tertiary/aromatic N) is 1. The minimum Gasteiger partial charge on any atom is -0.383 e. The predicted octanol–water partition coefficient (Wildman–Crippen LogP) is 4.66. The molecular weight excluding hydrogens is 411 g/mol. The van der Waals surface area contributed by atoms with E-state index in [0.29, 0.717) is 29.6 Å². The monoisotopic (exact) mass is 436 g/mol. The predicted molar refractivity (Wildman–Crippen MR) is 118 cm³/mol. The number of aryl methyl sites for hydroxylation is 2. The second kappa shape index (κ2) is 11.2. The minimum atomic E-state index is -0.246. The number of anilines is 1. The van der Waals surface area contributed by atoms with E-state index in [9.17, 15) is 9.59 Å². The summed E-state index contributed by atoms with van der Waals surface area (Å²) in [6.07, 6.45) is 0.668. The second-order valence-corrected chi connectivity index (χ2v) is 7.60. The van der Waals surface area contributed by atoms with Gasteiger partial charge < -0.3 is 15.0 Å². The number of amides is 2. The van der Waals surface area contributed by atoms with Gasteiger partial charge in [0, 0.05) is 25.8 Å². The van der Waals surface area contributed by atoms with Crippen molar-refractivity contribution >= 4 is 40.7 Å². The summed E-state index contributed by atoms with van der Waals surface area (Å²) in [7, 11) is 1.56. The van der Waals surface area contributed by atoms with E-state index in [0.717, 1.165) is 22.4 Å². The summed E-state index contributed by atoms with van der Waals surface area (Å²) in [5, 5.41) is 3.81. The number of carbonyl (C=O) groups excluding carboxylic acids is 2. The summed E-state index contributed by atoms with van der Waals surface area (Å²) in [4.78, 5) is 26.8. The highest BCUT2D eigenvalue weighted by atomic mass is 35.5. The zero-order valence-electron chi connectivity index (χ0n) is 16.9. The second-order valence-electron chi connectivity index (χ2n) is 6.82. The third-order valence-electron chi connectivity index (χ3n) is 4.77. The maximum absolute atomic E-state index is 12.7. The first-order chi connectivity index (χ1) is 13.8. The number of halogens is 2. The van der Waals surface area contributed by atoms with Gasteiger partial charge in [0.25, 0.3) is 0 Å². The van der Waals surface area contributed by atoms with Gasteiger partial charge in [0.05, 0.1) is 23.2 Å². The van der Waals surface area contributed by atoms with Crippen LogP contribution in [0, 0.1) is 13.8 Å². The molecule has 1 N–H and O–H groups in total. The fourth-order valence-corrected chi connectivity index (χ4v) is 3.30. The summed E-state index contributed by atoms with van der Waals surface area (Å²) < 4.78 is 5.09. The topological polar surface area (TPSA) is 58.6 Å². The highest BCUT2D eigenvalue weighted by Gasteiger charge is 2.18. The van der Waals surface area contributed by atoms with E-state index < -0.39 is 0 Å². The van der Waals surface area contributed by atoms with Crippen molar-refractivity contribution in [1.29, 1.82) is 0 Å². The fourth-order valence-electron chi connectivity index (χ4n) is 2.88. The molecular formula is C22H26Cl2N2O3. The summed E-state index contributed by atoms with van der Waals surface area (Å²) in [5.74, 6) is -0.391. The van der Waals surface area contributed by atoms with Crippen molar-refractivity contribution in [2.75, 3.05) is 32.1 Å². The van der Waals surface area contributed by atoms with Crippen molar-refractivity contribution in [3.63, 3.8) is 0 Å². The molecule has 0 spiro atoms. The molecule has 2 aromatic carbocycles.